The lowest BCUT2D eigenvalue weighted by atomic mass is 10.2. The van der Waals surface area contributed by atoms with Gasteiger partial charge in [0.1, 0.15) is 5.03 Å². The number of nitrogen functional groups attached to an aromatic ring is 1. The Bertz CT molecular complexity index is 543. The Labute approximate surface area is 102 Å². The number of pyridine rings is 1. The average Bonchev–Trinajstić information content (AvgIpc) is 2.33. The molecule has 0 atom stereocenters. The largest absolute Gasteiger partial charge is 0.478 e. The predicted octanol–water partition coefficient (Wildman–Crippen LogP) is 2.51. The average molecular weight is 246 g/mol. The number of hydrogen-bond acceptors (Lipinski definition) is 4. The second-order valence-corrected chi connectivity index (χ2v) is 4.36. The molecule has 0 unspecified atom stereocenters. The van der Waals surface area contributed by atoms with Gasteiger partial charge in [0, 0.05) is 11.1 Å². The Kier molecular flexibility index (Phi) is 3.30. The van der Waals surface area contributed by atoms with Gasteiger partial charge in [0.15, 0.2) is 0 Å². The molecule has 0 saturated heterocycles. The fourth-order valence-corrected chi connectivity index (χ4v) is 2.17. The van der Waals surface area contributed by atoms with Gasteiger partial charge in [-0.1, -0.05) is 30.0 Å². The van der Waals surface area contributed by atoms with Crippen molar-refractivity contribution < 1.29 is 9.90 Å². The molecule has 0 aliphatic carbocycles. The SMILES string of the molecule is Nc1c(C(=O)O)ccnc1Sc1ccccc1. The fourth-order valence-electron chi connectivity index (χ4n) is 1.32. The van der Waals surface area contributed by atoms with E-state index in [9.17, 15) is 4.79 Å². The molecule has 0 aliphatic heterocycles. The summed E-state index contributed by atoms with van der Waals surface area (Å²) in [5, 5.41) is 9.45. The molecule has 2 aromatic rings. The van der Waals surface area contributed by atoms with E-state index in [2.05, 4.69) is 4.98 Å². The van der Waals surface area contributed by atoms with Crippen LogP contribution in [0.1, 0.15) is 10.4 Å². The summed E-state index contributed by atoms with van der Waals surface area (Å²) >= 11 is 1.35. The molecule has 0 saturated carbocycles. The van der Waals surface area contributed by atoms with E-state index < -0.39 is 5.97 Å². The third-order valence-electron chi connectivity index (χ3n) is 2.14. The van der Waals surface area contributed by atoms with Crippen molar-refractivity contribution in [2.24, 2.45) is 0 Å². The maximum absolute atomic E-state index is 10.9. The third-order valence-corrected chi connectivity index (χ3v) is 3.17. The van der Waals surface area contributed by atoms with E-state index in [-0.39, 0.29) is 11.3 Å². The Morgan fingerprint density at radius 1 is 1.24 bits per heavy atom. The minimum atomic E-state index is -1.04. The lowest BCUT2D eigenvalue weighted by Gasteiger charge is -2.06. The fraction of sp³-hybridized carbons (Fsp3) is 0. The van der Waals surface area contributed by atoms with Crippen molar-refractivity contribution in [1.29, 1.82) is 0 Å². The summed E-state index contributed by atoms with van der Waals surface area (Å²) in [4.78, 5) is 16.0. The Morgan fingerprint density at radius 3 is 2.59 bits per heavy atom. The molecule has 2 rings (SSSR count). The molecule has 4 nitrogen and oxygen atoms in total. The minimum absolute atomic E-state index is 0.0819. The van der Waals surface area contributed by atoms with Gasteiger partial charge in [0.25, 0.3) is 0 Å². The lowest BCUT2D eigenvalue weighted by molar-refractivity contribution is 0.0697. The molecular weight excluding hydrogens is 236 g/mol. The third kappa shape index (κ3) is 2.57. The van der Waals surface area contributed by atoms with Gasteiger partial charge in [-0.25, -0.2) is 9.78 Å². The van der Waals surface area contributed by atoms with Gasteiger partial charge >= 0.3 is 5.97 Å². The van der Waals surface area contributed by atoms with Crippen LogP contribution in [0.25, 0.3) is 0 Å². The minimum Gasteiger partial charge on any atom is -0.478 e. The van der Waals surface area contributed by atoms with Crippen LogP contribution < -0.4 is 5.73 Å². The van der Waals surface area contributed by atoms with Gasteiger partial charge in [0.05, 0.1) is 11.3 Å². The van der Waals surface area contributed by atoms with Crippen LogP contribution in [0.4, 0.5) is 5.69 Å². The summed E-state index contributed by atoms with van der Waals surface area (Å²) in [5.41, 5.74) is 6.05. The van der Waals surface area contributed by atoms with Gasteiger partial charge in [0.2, 0.25) is 0 Å². The zero-order valence-corrected chi connectivity index (χ0v) is 9.65. The first kappa shape index (κ1) is 11.5. The van der Waals surface area contributed by atoms with Gasteiger partial charge in [-0.05, 0) is 18.2 Å². The first-order valence-corrected chi connectivity index (χ1v) is 5.71. The number of aromatic carboxylic acids is 1. The summed E-state index contributed by atoms with van der Waals surface area (Å²) < 4.78 is 0. The molecule has 5 heteroatoms. The van der Waals surface area contributed by atoms with Gasteiger partial charge in [-0.3, -0.25) is 0 Å². The molecule has 0 fully saturated rings. The highest BCUT2D eigenvalue weighted by Gasteiger charge is 2.12. The number of carboxylic acid groups (broad SMARTS) is 1. The number of nitrogens with two attached hydrogens (primary N) is 1. The Hall–Kier alpha value is -2.01. The van der Waals surface area contributed by atoms with Crippen LogP contribution in [0, 0.1) is 0 Å². The summed E-state index contributed by atoms with van der Waals surface area (Å²) in [7, 11) is 0. The van der Waals surface area contributed by atoms with Crippen molar-refractivity contribution in [3.63, 3.8) is 0 Å². The predicted molar refractivity (Wildman–Crippen MR) is 66.2 cm³/mol. The molecular formula is C12H10N2O2S. The second-order valence-electron chi connectivity index (χ2n) is 3.30. The molecule has 0 bridgehead atoms. The molecule has 86 valence electrons. The number of carboxylic acids is 1. The smallest absolute Gasteiger partial charge is 0.337 e. The monoisotopic (exact) mass is 246 g/mol. The molecule has 0 amide bonds. The number of hydrogen-bond donors (Lipinski definition) is 2. The summed E-state index contributed by atoms with van der Waals surface area (Å²) in [5.74, 6) is -1.04. The Balaban J connectivity index is 2.34. The van der Waals surface area contributed by atoms with Crippen LogP contribution in [0.3, 0.4) is 0 Å². The molecule has 1 aromatic carbocycles. The normalized spacial score (nSPS) is 10.1. The number of benzene rings is 1. The molecule has 3 N–H and O–H groups in total. The van der Waals surface area contributed by atoms with E-state index in [0.29, 0.717) is 5.03 Å². The highest BCUT2D eigenvalue weighted by atomic mass is 32.2. The number of nitrogens with zero attached hydrogens (tertiary/aromatic N) is 1. The number of carbonyl (C=O) groups is 1. The molecule has 0 aliphatic rings. The van der Waals surface area contributed by atoms with E-state index in [4.69, 9.17) is 10.8 Å². The van der Waals surface area contributed by atoms with Crippen molar-refractivity contribution in [3.05, 3.63) is 48.2 Å². The summed E-state index contributed by atoms with van der Waals surface area (Å²) in [6.45, 7) is 0. The molecule has 0 radical (unpaired) electrons. The summed E-state index contributed by atoms with van der Waals surface area (Å²) in [6.07, 6.45) is 1.45. The zero-order chi connectivity index (χ0) is 12.3. The highest BCUT2D eigenvalue weighted by molar-refractivity contribution is 7.99. The van der Waals surface area contributed by atoms with Crippen LogP contribution >= 0.6 is 11.8 Å². The van der Waals surface area contributed by atoms with Crippen molar-refractivity contribution in [3.8, 4) is 0 Å². The van der Waals surface area contributed by atoms with E-state index in [0.717, 1.165) is 4.90 Å². The molecule has 17 heavy (non-hydrogen) atoms. The second kappa shape index (κ2) is 4.88. The maximum Gasteiger partial charge on any atom is 0.337 e. The van der Waals surface area contributed by atoms with Gasteiger partial charge in [-0.2, -0.15) is 0 Å². The standard InChI is InChI=1S/C12H10N2O2S/c13-10-9(12(15)16)6-7-14-11(10)17-8-4-2-1-3-5-8/h1-7H,13H2,(H,15,16). The van der Waals surface area contributed by atoms with Gasteiger partial charge in [-0.15, -0.1) is 0 Å². The van der Waals surface area contributed by atoms with E-state index >= 15 is 0 Å². The first-order chi connectivity index (χ1) is 8.18. The number of aromatic nitrogens is 1. The van der Waals surface area contributed by atoms with Crippen LogP contribution in [0.15, 0.2) is 52.5 Å². The van der Waals surface area contributed by atoms with Crippen molar-refractivity contribution in [2.45, 2.75) is 9.92 Å². The van der Waals surface area contributed by atoms with E-state index in [1.54, 1.807) is 0 Å². The molecule has 1 aromatic heterocycles. The van der Waals surface area contributed by atoms with Crippen LogP contribution in [-0.4, -0.2) is 16.1 Å². The van der Waals surface area contributed by atoms with Crippen LogP contribution in [0.2, 0.25) is 0 Å². The maximum atomic E-state index is 10.9. The van der Waals surface area contributed by atoms with Crippen LogP contribution in [0.5, 0.6) is 0 Å². The van der Waals surface area contributed by atoms with Gasteiger partial charge < -0.3 is 10.8 Å². The van der Waals surface area contributed by atoms with Crippen molar-refractivity contribution in [2.75, 3.05) is 5.73 Å². The number of anilines is 1. The van der Waals surface area contributed by atoms with Crippen molar-refractivity contribution >= 4 is 23.4 Å². The van der Waals surface area contributed by atoms with Crippen LogP contribution in [-0.2, 0) is 0 Å². The van der Waals surface area contributed by atoms with E-state index in [1.807, 2.05) is 30.3 Å². The quantitative estimate of drug-likeness (QED) is 0.870. The zero-order valence-electron chi connectivity index (χ0n) is 8.83. The molecule has 1 heterocycles. The van der Waals surface area contributed by atoms with E-state index in [1.165, 1.54) is 24.0 Å². The van der Waals surface area contributed by atoms with Crippen molar-refractivity contribution in [1.82, 2.24) is 4.98 Å². The summed E-state index contributed by atoms with van der Waals surface area (Å²) in [6, 6.07) is 10.9. The topological polar surface area (TPSA) is 76.2 Å². The number of rotatable bonds is 3. The molecule has 0 spiro atoms. The first-order valence-electron chi connectivity index (χ1n) is 4.89. The Morgan fingerprint density at radius 2 is 1.94 bits per heavy atom. The highest BCUT2D eigenvalue weighted by Crippen LogP contribution is 2.31. The lowest BCUT2D eigenvalue weighted by Crippen LogP contribution is -2.04.